The Hall–Kier alpha value is -2.74. The molecule has 0 atom stereocenters. The highest BCUT2D eigenvalue weighted by atomic mass is 32.2. The van der Waals surface area contributed by atoms with E-state index >= 15 is 0 Å². The number of H-pyrrole nitrogens is 1. The number of aromatic amines is 1. The number of furan rings is 1. The van der Waals surface area contributed by atoms with E-state index in [1.165, 1.54) is 11.8 Å². The second kappa shape index (κ2) is 6.64. The molecule has 0 aliphatic rings. The van der Waals surface area contributed by atoms with Crippen LogP contribution in [0.15, 0.2) is 55.4 Å². The Kier molecular flexibility index (Phi) is 4.19. The molecular weight excluding hydrogens is 340 g/mol. The fraction of sp³-hybridized carbons (Fsp3) is 0.235. The third-order valence-corrected chi connectivity index (χ3v) is 4.83. The summed E-state index contributed by atoms with van der Waals surface area (Å²) < 4.78 is 12.6. The van der Waals surface area contributed by atoms with Crippen molar-refractivity contribution in [2.24, 2.45) is 0 Å². The molecule has 4 aromatic rings. The molecule has 0 aliphatic carbocycles. The maximum absolute atomic E-state index is 12.0. The summed E-state index contributed by atoms with van der Waals surface area (Å²) in [6, 6.07) is 9.49. The number of nitrogens with zero attached hydrogens (tertiary/aromatic N) is 3. The molecule has 0 radical (unpaired) electrons. The van der Waals surface area contributed by atoms with Crippen molar-refractivity contribution in [3.8, 4) is 11.5 Å². The summed E-state index contributed by atoms with van der Waals surface area (Å²) in [6.45, 7) is 2.49. The predicted molar refractivity (Wildman–Crippen MR) is 94.6 cm³/mol. The number of fused-ring (bicyclic) bond motifs is 1. The van der Waals surface area contributed by atoms with E-state index in [4.69, 9.17) is 8.83 Å². The van der Waals surface area contributed by atoms with E-state index in [1.807, 2.05) is 31.2 Å². The first-order chi connectivity index (χ1) is 12.2. The summed E-state index contributed by atoms with van der Waals surface area (Å²) in [4.78, 5) is 14.9. The third kappa shape index (κ3) is 3.12. The van der Waals surface area contributed by atoms with Crippen molar-refractivity contribution in [2.75, 3.05) is 5.75 Å². The molecule has 0 aliphatic heterocycles. The molecule has 0 unspecified atom stereocenters. The molecule has 0 amide bonds. The number of imidazole rings is 1. The summed E-state index contributed by atoms with van der Waals surface area (Å²) in [5, 5.41) is 8.61. The molecule has 1 N–H and O–H groups in total. The average Bonchev–Trinajstić information content (AvgIpc) is 3.30. The van der Waals surface area contributed by atoms with E-state index in [2.05, 4.69) is 15.2 Å². The summed E-state index contributed by atoms with van der Waals surface area (Å²) >= 11 is 1.48. The first-order valence-electron chi connectivity index (χ1n) is 7.91. The van der Waals surface area contributed by atoms with Crippen LogP contribution in [0.25, 0.3) is 22.5 Å². The lowest BCUT2D eigenvalue weighted by Crippen LogP contribution is -2.17. The zero-order valence-corrected chi connectivity index (χ0v) is 14.4. The molecule has 3 heterocycles. The van der Waals surface area contributed by atoms with Crippen LogP contribution >= 0.6 is 11.8 Å². The lowest BCUT2D eigenvalue weighted by atomic mass is 10.3. The van der Waals surface area contributed by atoms with Crippen molar-refractivity contribution in [1.82, 2.24) is 19.7 Å². The van der Waals surface area contributed by atoms with E-state index in [9.17, 15) is 4.79 Å². The highest BCUT2D eigenvalue weighted by Crippen LogP contribution is 2.26. The molecule has 0 fully saturated rings. The van der Waals surface area contributed by atoms with Crippen LogP contribution in [0.4, 0.5) is 0 Å². The van der Waals surface area contributed by atoms with Gasteiger partial charge in [0.05, 0.1) is 22.9 Å². The van der Waals surface area contributed by atoms with Gasteiger partial charge in [0.1, 0.15) is 5.76 Å². The molecule has 128 valence electrons. The Morgan fingerprint density at radius 3 is 2.96 bits per heavy atom. The van der Waals surface area contributed by atoms with E-state index in [0.717, 1.165) is 34.5 Å². The van der Waals surface area contributed by atoms with Gasteiger partial charge in [-0.3, -0.25) is 4.57 Å². The smallest absolute Gasteiger partial charge is 0.326 e. The van der Waals surface area contributed by atoms with Crippen LogP contribution in [0, 0.1) is 6.92 Å². The van der Waals surface area contributed by atoms with Crippen LogP contribution in [0.5, 0.6) is 0 Å². The molecule has 8 heteroatoms. The third-order valence-electron chi connectivity index (χ3n) is 3.93. The molecule has 7 nitrogen and oxygen atoms in total. The molecule has 0 saturated carbocycles. The second-order valence-corrected chi connectivity index (χ2v) is 6.61. The summed E-state index contributed by atoms with van der Waals surface area (Å²) in [5.41, 5.74) is 2.51. The molecule has 1 aromatic carbocycles. The number of aromatic nitrogens is 4. The van der Waals surface area contributed by atoms with Gasteiger partial charge in [0, 0.05) is 12.3 Å². The van der Waals surface area contributed by atoms with E-state index in [0.29, 0.717) is 17.7 Å². The fourth-order valence-corrected chi connectivity index (χ4v) is 3.38. The molecule has 25 heavy (non-hydrogen) atoms. The normalized spacial score (nSPS) is 11.4. The number of aryl methyl sites for hydroxylation is 2. The summed E-state index contributed by atoms with van der Waals surface area (Å²) in [6.07, 6.45) is 2.41. The van der Waals surface area contributed by atoms with E-state index in [-0.39, 0.29) is 5.69 Å². The number of rotatable bonds is 6. The van der Waals surface area contributed by atoms with Crippen LogP contribution in [0.3, 0.4) is 0 Å². The molecule has 4 rings (SSSR count). The van der Waals surface area contributed by atoms with Crippen LogP contribution in [-0.2, 0) is 6.54 Å². The van der Waals surface area contributed by atoms with Crippen molar-refractivity contribution < 1.29 is 8.83 Å². The van der Waals surface area contributed by atoms with Crippen molar-refractivity contribution >= 4 is 22.8 Å². The van der Waals surface area contributed by atoms with Crippen LogP contribution < -0.4 is 5.69 Å². The van der Waals surface area contributed by atoms with Gasteiger partial charge in [-0.2, -0.15) is 0 Å². The zero-order chi connectivity index (χ0) is 17.2. The van der Waals surface area contributed by atoms with Crippen molar-refractivity contribution in [2.45, 2.75) is 25.1 Å². The Morgan fingerprint density at radius 1 is 1.24 bits per heavy atom. The fourth-order valence-electron chi connectivity index (χ4n) is 2.69. The summed E-state index contributed by atoms with van der Waals surface area (Å²) in [5.74, 6) is 1.98. The number of benzene rings is 1. The van der Waals surface area contributed by atoms with Gasteiger partial charge in [-0.15, -0.1) is 10.2 Å². The van der Waals surface area contributed by atoms with Gasteiger partial charge >= 0.3 is 5.69 Å². The molecule has 0 spiro atoms. The standard InChI is InChI=1S/C17H16N4O3S/c1-11-12(7-9-23-11)15-19-20-17(24-15)25-10-4-8-21-14-6-3-2-5-13(14)18-16(21)22/h2-3,5-7,9H,4,8,10H2,1H3,(H,18,22). The molecule has 0 bridgehead atoms. The Bertz CT molecular complexity index is 1060. The highest BCUT2D eigenvalue weighted by Gasteiger charge is 2.13. The van der Waals surface area contributed by atoms with Gasteiger partial charge in [0.15, 0.2) is 0 Å². The number of para-hydroxylation sites is 2. The Balaban J connectivity index is 1.37. The molecule has 3 aromatic heterocycles. The van der Waals surface area contributed by atoms with Crippen molar-refractivity contribution in [3.05, 3.63) is 52.8 Å². The average molecular weight is 356 g/mol. The Morgan fingerprint density at radius 2 is 2.12 bits per heavy atom. The minimum Gasteiger partial charge on any atom is -0.469 e. The van der Waals surface area contributed by atoms with Crippen molar-refractivity contribution in [1.29, 1.82) is 0 Å². The lowest BCUT2D eigenvalue weighted by molar-refractivity contribution is 0.463. The predicted octanol–water partition coefficient (Wildman–Crippen LogP) is 3.46. The lowest BCUT2D eigenvalue weighted by Gasteiger charge is -2.02. The van der Waals surface area contributed by atoms with E-state index in [1.54, 1.807) is 16.9 Å². The van der Waals surface area contributed by atoms with Gasteiger partial charge in [0.2, 0.25) is 0 Å². The number of thioether (sulfide) groups is 1. The highest BCUT2D eigenvalue weighted by molar-refractivity contribution is 7.99. The second-order valence-electron chi connectivity index (χ2n) is 5.56. The monoisotopic (exact) mass is 356 g/mol. The number of hydrogen-bond donors (Lipinski definition) is 1. The number of hydrogen-bond acceptors (Lipinski definition) is 6. The van der Waals surface area contributed by atoms with E-state index < -0.39 is 0 Å². The first-order valence-corrected chi connectivity index (χ1v) is 8.89. The SMILES string of the molecule is Cc1occc1-c1nnc(SCCCn2c(=O)[nH]c3ccccc32)o1. The van der Waals surface area contributed by atoms with Gasteiger partial charge in [-0.1, -0.05) is 23.9 Å². The maximum atomic E-state index is 12.0. The molecule has 0 saturated heterocycles. The largest absolute Gasteiger partial charge is 0.469 e. The first kappa shape index (κ1) is 15.8. The van der Waals surface area contributed by atoms with Crippen LogP contribution in [-0.4, -0.2) is 25.5 Å². The van der Waals surface area contributed by atoms with Gasteiger partial charge in [-0.05, 0) is 31.5 Å². The maximum Gasteiger partial charge on any atom is 0.326 e. The van der Waals surface area contributed by atoms with Gasteiger partial charge in [0.25, 0.3) is 11.1 Å². The quantitative estimate of drug-likeness (QED) is 0.420. The number of nitrogens with one attached hydrogen (secondary N) is 1. The van der Waals surface area contributed by atoms with Gasteiger partial charge < -0.3 is 13.8 Å². The Labute approximate surface area is 147 Å². The topological polar surface area (TPSA) is 89.9 Å². The van der Waals surface area contributed by atoms with Gasteiger partial charge in [-0.25, -0.2) is 4.79 Å². The zero-order valence-electron chi connectivity index (χ0n) is 13.6. The molecular formula is C17H16N4O3S. The summed E-state index contributed by atoms with van der Waals surface area (Å²) in [7, 11) is 0. The minimum absolute atomic E-state index is 0.0818. The van der Waals surface area contributed by atoms with Crippen molar-refractivity contribution in [3.63, 3.8) is 0 Å². The van der Waals surface area contributed by atoms with Crippen LogP contribution in [0.1, 0.15) is 12.2 Å². The minimum atomic E-state index is -0.0818. The van der Waals surface area contributed by atoms with Crippen LogP contribution in [0.2, 0.25) is 0 Å².